The monoisotopic (exact) mass is 479 g/mol. The molecule has 4 rings (SSSR count). The number of nitrogens with zero attached hydrogens (tertiary/aromatic N) is 3. The summed E-state index contributed by atoms with van der Waals surface area (Å²) in [6, 6.07) is 6.35. The van der Waals surface area contributed by atoms with E-state index < -0.39 is 23.3 Å². The maximum atomic E-state index is 13.7. The van der Waals surface area contributed by atoms with E-state index in [9.17, 15) is 22.8 Å². The number of anilines is 1. The number of ether oxygens (including phenoxy) is 1. The topological polar surface area (TPSA) is 96.5 Å². The van der Waals surface area contributed by atoms with Crippen molar-refractivity contribution >= 4 is 39.3 Å². The maximum absolute atomic E-state index is 13.7. The Bertz CT molecular complexity index is 1240. The van der Waals surface area contributed by atoms with Crippen molar-refractivity contribution in [3.63, 3.8) is 0 Å². The molecule has 1 saturated heterocycles. The first-order chi connectivity index (χ1) is 15.5. The van der Waals surface area contributed by atoms with Crippen LogP contribution in [0.5, 0.6) is 5.75 Å². The molecule has 174 valence electrons. The van der Waals surface area contributed by atoms with Crippen molar-refractivity contribution in [3.05, 3.63) is 36.0 Å². The van der Waals surface area contributed by atoms with Gasteiger partial charge in [0.15, 0.2) is 0 Å². The van der Waals surface area contributed by atoms with Crippen LogP contribution in [0.25, 0.3) is 20.7 Å². The first-order valence-electron chi connectivity index (χ1n) is 9.90. The lowest BCUT2D eigenvalue weighted by atomic mass is 10.1. The summed E-state index contributed by atoms with van der Waals surface area (Å²) >= 11 is 1.16. The van der Waals surface area contributed by atoms with Crippen molar-refractivity contribution in [2.45, 2.75) is 25.6 Å². The van der Waals surface area contributed by atoms with Crippen LogP contribution >= 0.6 is 11.3 Å². The molecule has 8 nitrogen and oxygen atoms in total. The molecule has 2 N–H and O–H groups in total. The van der Waals surface area contributed by atoms with E-state index in [0.29, 0.717) is 10.6 Å². The van der Waals surface area contributed by atoms with Crippen molar-refractivity contribution < 1.29 is 27.5 Å². The highest BCUT2D eigenvalue weighted by Crippen LogP contribution is 2.41. The second-order valence-corrected chi connectivity index (χ2v) is 8.99. The Labute approximate surface area is 190 Å². The van der Waals surface area contributed by atoms with Gasteiger partial charge in [-0.25, -0.2) is 14.8 Å². The number of halogens is 3. The van der Waals surface area contributed by atoms with Crippen LogP contribution in [-0.4, -0.2) is 52.5 Å². The standard InChI is InChI=1S/C21H20F3N5O3S/c1-20(2)17(30)29(19(31)28-20)7-6-25-18-26-10-13(21(22,23)24)16(27-18)15-8-11-4-5-12(32-3)9-14(11)33-15/h4-5,8-10H,6-7H2,1-3H3,(H,28,31)(H,25,26,27). The molecule has 0 atom stereocenters. The van der Waals surface area contributed by atoms with Crippen molar-refractivity contribution in [1.29, 1.82) is 0 Å². The van der Waals surface area contributed by atoms with Gasteiger partial charge >= 0.3 is 12.2 Å². The molecule has 3 aromatic rings. The minimum Gasteiger partial charge on any atom is -0.497 e. The Morgan fingerprint density at radius 3 is 2.64 bits per heavy atom. The molecular weight excluding hydrogens is 459 g/mol. The number of carbonyl (C=O) groups excluding carboxylic acids is 2. The van der Waals surface area contributed by atoms with E-state index in [2.05, 4.69) is 20.6 Å². The lowest BCUT2D eigenvalue weighted by Gasteiger charge is -2.16. The third-order valence-electron chi connectivity index (χ3n) is 5.12. The Hall–Kier alpha value is -3.41. The van der Waals surface area contributed by atoms with Gasteiger partial charge in [-0.1, -0.05) is 0 Å². The van der Waals surface area contributed by atoms with Crippen LogP contribution < -0.4 is 15.4 Å². The van der Waals surface area contributed by atoms with Crippen LogP contribution in [0, 0.1) is 0 Å². The number of fused-ring (bicyclic) bond motifs is 1. The number of carbonyl (C=O) groups is 2. The van der Waals surface area contributed by atoms with Crippen molar-refractivity contribution in [2.75, 3.05) is 25.5 Å². The van der Waals surface area contributed by atoms with Crippen LogP contribution in [0.1, 0.15) is 19.4 Å². The van der Waals surface area contributed by atoms with E-state index in [-0.39, 0.29) is 30.6 Å². The summed E-state index contributed by atoms with van der Waals surface area (Å²) in [6.07, 6.45) is -3.92. The molecule has 1 fully saturated rings. The van der Waals surface area contributed by atoms with Crippen LogP contribution in [0.4, 0.5) is 23.9 Å². The predicted octanol–water partition coefficient (Wildman–Crippen LogP) is 4.13. The molecule has 0 unspecified atom stereocenters. The highest BCUT2D eigenvalue weighted by molar-refractivity contribution is 7.22. The summed E-state index contributed by atoms with van der Waals surface area (Å²) in [4.78, 5) is 33.5. The van der Waals surface area contributed by atoms with Gasteiger partial charge in [0.2, 0.25) is 5.95 Å². The molecule has 0 saturated carbocycles. The second-order valence-electron chi connectivity index (χ2n) is 7.91. The molecule has 3 heterocycles. The summed E-state index contributed by atoms with van der Waals surface area (Å²) in [5, 5.41) is 6.13. The quantitative estimate of drug-likeness (QED) is 0.516. The SMILES string of the molecule is COc1ccc2cc(-c3nc(NCCN4C(=O)NC(C)(C)C4=O)ncc3C(F)(F)F)sc2c1. The summed E-state index contributed by atoms with van der Waals surface area (Å²) in [5.41, 5.74) is -2.21. The number of alkyl halides is 3. The summed E-state index contributed by atoms with van der Waals surface area (Å²) in [7, 11) is 1.51. The number of hydrogen-bond donors (Lipinski definition) is 2. The van der Waals surface area contributed by atoms with Crippen LogP contribution in [0.3, 0.4) is 0 Å². The van der Waals surface area contributed by atoms with Crippen LogP contribution in [-0.2, 0) is 11.0 Å². The van der Waals surface area contributed by atoms with Crippen molar-refractivity contribution in [2.24, 2.45) is 0 Å². The van der Waals surface area contributed by atoms with Gasteiger partial charge in [0, 0.05) is 24.0 Å². The predicted molar refractivity (Wildman–Crippen MR) is 117 cm³/mol. The first kappa shape index (κ1) is 22.8. The van der Waals surface area contributed by atoms with Gasteiger partial charge in [-0.2, -0.15) is 13.2 Å². The lowest BCUT2D eigenvalue weighted by Crippen LogP contribution is -2.40. The Balaban J connectivity index is 1.60. The minimum absolute atomic E-state index is 0.0104. The zero-order chi connectivity index (χ0) is 24.0. The van der Waals surface area contributed by atoms with E-state index in [0.717, 1.165) is 32.5 Å². The van der Waals surface area contributed by atoms with Crippen molar-refractivity contribution in [3.8, 4) is 16.3 Å². The second kappa shape index (κ2) is 8.18. The summed E-state index contributed by atoms with van der Waals surface area (Å²) < 4.78 is 46.9. The fourth-order valence-electron chi connectivity index (χ4n) is 3.42. The number of amides is 3. The van der Waals surface area contributed by atoms with E-state index in [1.165, 1.54) is 7.11 Å². The smallest absolute Gasteiger partial charge is 0.420 e. The third-order valence-corrected chi connectivity index (χ3v) is 6.22. The number of urea groups is 1. The van der Waals surface area contributed by atoms with Gasteiger partial charge in [-0.3, -0.25) is 9.69 Å². The number of imide groups is 1. The number of benzene rings is 1. The Kier molecular flexibility index (Phi) is 5.64. The summed E-state index contributed by atoms with van der Waals surface area (Å²) in [6.45, 7) is 3.26. The number of methoxy groups -OCH3 is 1. The average Bonchev–Trinajstić information content (AvgIpc) is 3.25. The van der Waals surface area contributed by atoms with E-state index in [4.69, 9.17) is 4.74 Å². The molecule has 3 amide bonds. The molecule has 12 heteroatoms. The normalized spacial score (nSPS) is 15.8. The number of aromatic nitrogens is 2. The Morgan fingerprint density at radius 1 is 1.24 bits per heavy atom. The fraction of sp³-hybridized carbons (Fsp3) is 0.333. The number of nitrogens with one attached hydrogen (secondary N) is 2. The van der Waals surface area contributed by atoms with Crippen LogP contribution in [0.15, 0.2) is 30.5 Å². The Morgan fingerprint density at radius 2 is 2.00 bits per heavy atom. The van der Waals surface area contributed by atoms with E-state index >= 15 is 0 Å². The third kappa shape index (κ3) is 4.42. The zero-order valence-electron chi connectivity index (χ0n) is 17.9. The number of rotatable bonds is 6. The van der Waals surface area contributed by atoms with Gasteiger partial charge in [0.25, 0.3) is 5.91 Å². The maximum Gasteiger partial charge on any atom is 0.420 e. The molecule has 33 heavy (non-hydrogen) atoms. The lowest BCUT2D eigenvalue weighted by molar-refractivity contribution is -0.137. The minimum atomic E-state index is -4.65. The highest BCUT2D eigenvalue weighted by Gasteiger charge is 2.43. The molecule has 1 aliphatic heterocycles. The summed E-state index contributed by atoms with van der Waals surface area (Å²) in [5.74, 6) is 0.170. The van der Waals surface area contributed by atoms with E-state index in [1.54, 1.807) is 38.1 Å². The van der Waals surface area contributed by atoms with E-state index in [1.807, 2.05) is 0 Å². The van der Waals surface area contributed by atoms with Crippen molar-refractivity contribution in [1.82, 2.24) is 20.2 Å². The number of hydrogen-bond acceptors (Lipinski definition) is 7. The molecule has 0 spiro atoms. The fourth-order valence-corrected chi connectivity index (χ4v) is 4.51. The van der Waals surface area contributed by atoms with Gasteiger partial charge in [-0.15, -0.1) is 11.3 Å². The van der Waals surface area contributed by atoms with Crippen LogP contribution in [0.2, 0.25) is 0 Å². The molecule has 0 bridgehead atoms. The molecule has 1 aromatic carbocycles. The highest BCUT2D eigenvalue weighted by atomic mass is 32.1. The molecule has 1 aliphatic rings. The average molecular weight is 479 g/mol. The van der Waals surface area contributed by atoms with Gasteiger partial charge < -0.3 is 15.4 Å². The van der Waals surface area contributed by atoms with Gasteiger partial charge in [0.05, 0.1) is 17.7 Å². The molecule has 0 aliphatic carbocycles. The first-order valence-corrected chi connectivity index (χ1v) is 10.7. The molecular formula is C21H20F3N5O3S. The van der Waals surface area contributed by atoms with Gasteiger partial charge in [0.1, 0.15) is 16.9 Å². The zero-order valence-corrected chi connectivity index (χ0v) is 18.7. The molecule has 0 radical (unpaired) electrons. The largest absolute Gasteiger partial charge is 0.497 e. The molecule has 2 aromatic heterocycles. The number of thiophene rings is 1. The van der Waals surface area contributed by atoms with Gasteiger partial charge in [-0.05, 0) is 43.5 Å².